The van der Waals surface area contributed by atoms with Crippen LogP contribution in [0.2, 0.25) is 0 Å². The molecule has 0 aliphatic carbocycles. The molecule has 0 aliphatic rings. The Balaban J connectivity index is 2.22. The SMILES string of the molecule is O=C(O)c1cc(Sc2ccncn2)ccn1. The maximum Gasteiger partial charge on any atom is 0.354 e. The molecule has 5 nitrogen and oxygen atoms in total. The highest BCUT2D eigenvalue weighted by Crippen LogP contribution is 2.25. The summed E-state index contributed by atoms with van der Waals surface area (Å²) in [6.45, 7) is 0. The second-order valence-electron chi connectivity index (χ2n) is 2.83. The molecule has 0 saturated carbocycles. The number of hydrogen-bond donors (Lipinski definition) is 1. The highest BCUT2D eigenvalue weighted by Gasteiger charge is 2.06. The molecule has 2 aromatic rings. The third kappa shape index (κ3) is 2.54. The average molecular weight is 233 g/mol. The summed E-state index contributed by atoms with van der Waals surface area (Å²) in [5, 5.41) is 9.54. The summed E-state index contributed by atoms with van der Waals surface area (Å²) in [5.41, 5.74) is 0.0269. The van der Waals surface area contributed by atoms with Gasteiger partial charge in [-0.05, 0) is 18.2 Å². The highest BCUT2D eigenvalue weighted by atomic mass is 32.2. The van der Waals surface area contributed by atoms with E-state index in [2.05, 4.69) is 15.0 Å². The molecule has 2 aromatic heterocycles. The van der Waals surface area contributed by atoms with E-state index in [9.17, 15) is 4.79 Å². The lowest BCUT2D eigenvalue weighted by molar-refractivity contribution is 0.0690. The zero-order chi connectivity index (χ0) is 11.4. The predicted octanol–water partition coefficient (Wildman–Crippen LogP) is 1.72. The Morgan fingerprint density at radius 3 is 2.81 bits per heavy atom. The Kier molecular flexibility index (Phi) is 3.11. The van der Waals surface area contributed by atoms with Crippen molar-refractivity contribution in [2.75, 3.05) is 0 Å². The Labute approximate surface area is 95.6 Å². The monoisotopic (exact) mass is 233 g/mol. The Hall–Kier alpha value is -1.95. The van der Waals surface area contributed by atoms with E-state index in [1.165, 1.54) is 30.4 Å². The quantitative estimate of drug-likeness (QED) is 0.813. The van der Waals surface area contributed by atoms with Gasteiger partial charge in [-0.1, -0.05) is 11.8 Å². The van der Waals surface area contributed by atoms with Crippen molar-refractivity contribution in [3.63, 3.8) is 0 Å². The maximum atomic E-state index is 10.7. The summed E-state index contributed by atoms with van der Waals surface area (Å²) in [7, 11) is 0. The molecule has 2 heterocycles. The zero-order valence-electron chi connectivity index (χ0n) is 8.07. The topological polar surface area (TPSA) is 76.0 Å². The molecule has 0 unspecified atom stereocenters. The van der Waals surface area contributed by atoms with Gasteiger partial charge in [0.25, 0.3) is 0 Å². The van der Waals surface area contributed by atoms with Gasteiger partial charge in [-0.15, -0.1) is 0 Å². The number of rotatable bonds is 3. The van der Waals surface area contributed by atoms with Crippen molar-refractivity contribution in [3.05, 3.63) is 42.6 Å². The van der Waals surface area contributed by atoms with Crippen LogP contribution >= 0.6 is 11.8 Å². The van der Waals surface area contributed by atoms with Gasteiger partial charge in [-0.25, -0.2) is 19.7 Å². The van der Waals surface area contributed by atoms with Crippen LogP contribution in [0.25, 0.3) is 0 Å². The Morgan fingerprint density at radius 2 is 2.12 bits per heavy atom. The lowest BCUT2D eigenvalue weighted by Gasteiger charge is -2.00. The van der Waals surface area contributed by atoms with Gasteiger partial charge < -0.3 is 5.11 Å². The molecule has 80 valence electrons. The molecule has 2 rings (SSSR count). The van der Waals surface area contributed by atoms with Crippen molar-refractivity contribution in [2.24, 2.45) is 0 Å². The van der Waals surface area contributed by atoms with E-state index in [0.29, 0.717) is 0 Å². The molecule has 0 atom stereocenters. The first-order chi connectivity index (χ1) is 7.75. The Bertz CT molecular complexity index is 504. The molecule has 16 heavy (non-hydrogen) atoms. The van der Waals surface area contributed by atoms with E-state index < -0.39 is 5.97 Å². The number of pyridine rings is 1. The van der Waals surface area contributed by atoms with Gasteiger partial charge in [0.2, 0.25) is 0 Å². The number of aromatic carboxylic acids is 1. The number of nitrogens with zero attached hydrogens (tertiary/aromatic N) is 3. The third-order valence-corrected chi connectivity index (χ3v) is 2.67. The maximum absolute atomic E-state index is 10.7. The van der Waals surface area contributed by atoms with Gasteiger partial charge in [-0.3, -0.25) is 0 Å². The van der Waals surface area contributed by atoms with Crippen LogP contribution in [-0.2, 0) is 0 Å². The number of carboxylic acids is 1. The zero-order valence-corrected chi connectivity index (χ0v) is 8.89. The summed E-state index contributed by atoms with van der Waals surface area (Å²) in [6.07, 6.45) is 4.54. The van der Waals surface area contributed by atoms with Gasteiger partial charge in [0.1, 0.15) is 17.0 Å². The van der Waals surface area contributed by atoms with Gasteiger partial charge in [0.15, 0.2) is 0 Å². The minimum Gasteiger partial charge on any atom is -0.477 e. The van der Waals surface area contributed by atoms with Crippen LogP contribution in [0.4, 0.5) is 0 Å². The van der Waals surface area contributed by atoms with E-state index in [4.69, 9.17) is 5.11 Å². The van der Waals surface area contributed by atoms with Crippen molar-refractivity contribution in [1.29, 1.82) is 0 Å². The molecule has 0 spiro atoms. The predicted molar refractivity (Wildman–Crippen MR) is 57.4 cm³/mol. The molecule has 6 heteroatoms. The average Bonchev–Trinajstić information content (AvgIpc) is 2.30. The summed E-state index contributed by atoms with van der Waals surface area (Å²) < 4.78 is 0. The van der Waals surface area contributed by atoms with E-state index in [-0.39, 0.29) is 5.69 Å². The van der Waals surface area contributed by atoms with Gasteiger partial charge in [0.05, 0.1) is 0 Å². The first-order valence-corrected chi connectivity index (χ1v) is 5.20. The van der Waals surface area contributed by atoms with Crippen molar-refractivity contribution in [2.45, 2.75) is 9.92 Å². The van der Waals surface area contributed by atoms with Crippen molar-refractivity contribution in [1.82, 2.24) is 15.0 Å². The highest BCUT2D eigenvalue weighted by molar-refractivity contribution is 7.99. The van der Waals surface area contributed by atoms with Crippen molar-refractivity contribution in [3.8, 4) is 0 Å². The molecule has 0 aromatic carbocycles. The van der Waals surface area contributed by atoms with E-state index >= 15 is 0 Å². The number of carbonyl (C=O) groups is 1. The molecule has 0 bridgehead atoms. The van der Waals surface area contributed by atoms with Crippen LogP contribution in [-0.4, -0.2) is 26.0 Å². The summed E-state index contributed by atoms with van der Waals surface area (Å²) >= 11 is 1.36. The van der Waals surface area contributed by atoms with Crippen LogP contribution < -0.4 is 0 Å². The number of hydrogen-bond acceptors (Lipinski definition) is 5. The van der Waals surface area contributed by atoms with Crippen LogP contribution in [0.3, 0.4) is 0 Å². The second-order valence-corrected chi connectivity index (χ2v) is 3.93. The van der Waals surface area contributed by atoms with Crippen molar-refractivity contribution < 1.29 is 9.90 Å². The lowest BCUT2D eigenvalue weighted by Crippen LogP contribution is -1.99. The molecule has 0 aliphatic heterocycles. The van der Waals surface area contributed by atoms with Gasteiger partial charge in [-0.2, -0.15) is 0 Å². The van der Waals surface area contributed by atoms with Crippen LogP contribution in [0, 0.1) is 0 Å². The number of carboxylic acid groups (broad SMARTS) is 1. The van der Waals surface area contributed by atoms with Crippen LogP contribution in [0.1, 0.15) is 10.5 Å². The summed E-state index contributed by atoms with van der Waals surface area (Å²) in [5.74, 6) is -1.04. The van der Waals surface area contributed by atoms with Crippen LogP contribution in [0.15, 0.2) is 46.8 Å². The smallest absolute Gasteiger partial charge is 0.354 e. The fourth-order valence-corrected chi connectivity index (χ4v) is 1.82. The van der Waals surface area contributed by atoms with Crippen molar-refractivity contribution >= 4 is 17.7 Å². The molecular weight excluding hydrogens is 226 g/mol. The second kappa shape index (κ2) is 4.71. The lowest BCUT2D eigenvalue weighted by atomic mass is 10.3. The molecular formula is C10H7N3O2S. The minimum absolute atomic E-state index is 0.0269. The fraction of sp³-hybridized carbons (Fsp3) is 0. The fourth-order valence-electron chi connectivity index (χ4n) is 1.05. The molecule has 0 fully saturated rings. The van der Waals surface area contributed by atoms with Gasteiger partial charge in [0, 0.05) is 17.3 Å². The van der Waals surface area contributed by atoms with Crippen LogP contribution in [0.5, 0.6) is 0 Å². The van der Waals surface area contributed by atoms with E-state index in [1.54, 1.807) is 18.3 Å². The summed E-state index contributed by atoms with van der Waals surface area (Å²) in [4.78, 5) is 23.1. The van der Waals surface area contributed by atoms with E-state index in [1.807, 2.05) is 0 Å². The molecule has 0 amide bonds. The summed E-state index contributed by atoms with van der Waals surface area (Å²) in [6, 6.07) is 5.00. The molecule has 1 N–H and O–H groups in total. The minimum atomic E-state index is -1.04. The third-order valence-electron chi connectivity index (χ3n) is 1.73. The largest absolute Gasteiger partial charge is 0.477 e. The van der Waals surface area contributed by atoms with E-state index in [0.717, 1.165) is 9.92 Å². The Morgan fingerprint density at radius 1 is 1.25 bits per heavy atom. The first-order valence-electron chi connectivity index (χ1n) is 4.39. The molecule has 0 saturated heterocycles. The standard InChI is InChI=1S/C10H7N3O2S/c14-10(15)8-5-7(1-4-12-8)16-9-2-3-11-6-13-9/h1-6H,(H,14,15). The van der Waals surface area contributed by atoms with Gasteiger partial charge >= 0.3 is 5.97 Å². The first kappa shape index (κ1) is 10.6. The molecule has 0 radical (unpaired) electrons. The number of aromatic nitrogens is 3. The normalized spacial score (nSPS) is 10.0.